The Kier molecular flexibility index (Phi) is 11.9. The average Bonchev–Trinajstić information content (AvgIpc) is 1.67. The monoisotopic (exact) mass is 1130 g/mol. The molecule has 0 aliphatic heterocycles. The lowest BCUT2D eigenvalue weighted by Crippen LogP contribution is -2.01. The number of fused-ring (bicyclic) bond motifs is 13. The number of aromatic nitrogens is 10. The summed E-state index contributed by atoms with van der Waals surface area (Å²) in [5, 5.41) is 9.09. The van der Waals surface area contributed by atoms with Crippen LogP contribution in [0.2, 0.25) is 0 Å². The maximum absolute atomic E-state index is 6.26. The van der Waals surface area contributed by atoms with Crippen molar-refractivity contribution >= 4 is 87.5 Å². The van der Waals surface area contributed by atoms with Gasteiger partial charge in [0.2, 0.25) is 0 Å². The second-order valence-corrected chi connectivity index (χ2v) is 21.5. The summed E-state index contributed by atoms with van der Waals surface area (Å²) >= 11 is 0. The van der Waals surface area contributed by atoms with Crippen LogP contribution in [-0.4, -0.2) is 49.0 Å². The molecule has 0 atom stereocenters. The Morgan fingerprint density at radius 2 is 0.625 bits per heavy atom. The molecule has 18 aromatic rings. The number of benzene rings is 10. The average molecular weight is 1130 g/mol. The van der Waals surface area contributed by atoms with Crippen LogP contribution in [0.1, 0.15) is 0 Å². The van der Waals surface area contributed by atoms with Gasteiger partial charge in [0.1, 0.15) is 34.0 Å². The molecule has 0 unspecified atom stereocenters. The van der Waals surface area contributed by atoms with Crippen LogP contribution in [0, 0.1) is 0 Å². The van der Waals surface area contributed by atoms with Crippen molar-refractivity contribution in [3.63, 3.8) is 0 Å². The molecule has 0 aliphatic rings. The van der Waals surface area contributed by atoms with Crippen molar-refractivity contribution in [2.75, 3.05) is 0 Å². The molecule has 0 saturated heterocycles. The van der Waals surface area contributed by atoms with Gasteiger partial charge in [0.15, 0.2) is 34.9 Å². The number of rotatable bonds is 8. The van der Waals surface area contributed by atoms with Crippen LogP contribution < -0.4 is 0 Å². The number of nitrogens with zero attached hydrogens (tertiary/aromatic N) is 10. The quantitative estimate of drug-likeness (QED) is 0.144. The molecule has 0 saturated carbocycles. The molecular weight excluding hydrogens is 1080 g/mol. The van der Waals surface area contributed by atoms with Crippen molar-refractivity contribution in [2.24, 2.45) is 0 Å². The Morgan fingerprint density at radius 1 is 0.227 bits per heavy atom. The van der Waals surface area contributed by atoms with E-state index in [4.69, 9.17) is 48.7 Å². The third kappa shape index (κ3) is 8.62. The molecule has 0 aliphatic carbocycles. The fourth-order valence-electron chi connectivity index (χ4n) is 12.1. The minimum absolute atomic E-state index is 0.572. The lowest BCUT2D eigenvalue weighted by Gasteiger charge is -2.10. The second kappa shape index (κ2) is 20.8. The summed E-state index contributed by atoms with van der Waals surface area (Å²) in [5.74, 6) is 5.25. The highest BCUT2D eigenvalue weighted by Crippen LogP contribution is 2.42. The minimum atomic E-state index is 0.572. The minimum Gasteiger partial charge on any atom is -0.456 e. The lowest BCUT2D eigenvalue weighted by atomic mass is 10.1. The van der Waals surface area contributed by atoms with Crippen LogP contribution in [0.4, 0.5) is 0 Å². The normalized spacial score (nSPS) is 11.6. The summed E-state index contributed by atoms with van der Waals surface area (Å²) in [4.78, 5) is 39.0. The van der Waals surface area contributed by atoms with Crippen molar-refractivity contribution in [2.45, 2.75) is 0 Å². The van der Waals surface area contributed by atoms with Crippen LogP contribution in [0.15, 0.2) is 288 Å². The SMILES string of the molecule is c1ccc(-c2nc(-c3ccccc3)nc(-c3ccc(-n4c5ccccc5c5c6c(ccc54)oc4ccccc46)nc3)n2)cc1.c1ccc(-c2nc(-c3ccccc3)nc(-c3ccc(-n4c5ccccc5c5cc6c(cc54)oc4ccccc46)nc3)n2)cc1. The van der Waals surface area contributed by atoms with Crippen molar-refractivity contribution in [1.29, 1.82) is 0 Å². The topological polar surface area (TPSA) is 139 Å². The van der Waals surface area contributed by atoms with Gasteiger partial charge in [-0.25, -0.2) is 39.9 Å². The van der Waals surface area contributed by atoms with Gasteiger partial charge in [0, 0.05) is 94.9 Å². The second-order valence-electron chi connectivity index (χ2n) is 21.5. The Balaban J connectivity index is 0.000000137. The first-order valence-electron chi connectivity index (χ1n) is 29.0. The Bertz CT molecular complexity index is 5550. The first kappa shape index (κ1) is 50.3. The van der Waals surface area contributed by atoms with Gasteiger partial charge in [-0.1, -0.05) is 194 Å². The van der Waals surface area contributed by atoms with Crippen LogP contribution >= 0.6 is 0 Å². The van der Waals surface area contributed by atoms with Crippen molar-refractivity contribution < 1.29 is 8.83 Å². The number of para-hydroxylation sites is 4. The number of hydrogen-bond acceptors (Lipinski definition) is 10. The predicted octanol–water partition coefficient (Wildman–Crippen LogP) is 18.5. The van der Waals surface area contributed by atoms with Crippen LogP contribution in [0.3, 0.4) is 0 Å². The molecule has 8 aromatic heterocycles. The molecule has 412 valence electrons. The van der Waals surface area contributed by atoms with E-state index in [9.17, 15) is 0 Å². The van der Waals surface area contributed by atoms with E-state index in [1.54, 1.807) is 0 Å². The molecule has 88 heavy (non-hydrogen) atoms. The van der Waals surface area contributed by atoms with Crippen molar-refractivity contribution in [1.82, 2.24) is 49.0 Å². The molecule has 0 amide bonds. The summed E-state index contributed by atoms with van der Waals surface area (Å²) in [6, 6.07) is 89.9. The van der Waals surface area contributed by atoms with Crippen LogP contribution in [0.5, 0.6) is 0 Å². The van der Waals surface area contributed by atoms with E-state index >= 15 is 0 Å². The van der Waals surface area contributed by atoms with E-state index in [0.29, 0.717) is 34.9 Å². The molecule has 12 nitrogen and oxygen atoms in total. The molecule has 18 rings (SSSR count). The fourth-order valence-corrected chi connectivity index (χ4v) is 12.1. The van der Waals surface area contributed by atoms with E-state index in [-0.39, 0.29) is 0 Å². The van der Waals surface area contributed by atoms with Crippen LogP contribution in [-0.2, 0) is 0 Å². The number of hydrogen-bond donors (Lipinski definition) is 0. The Morgan fingerprint density at radius 3 is 1.12 bits per heavy atom. The highest BCUT2D eigenvalue weighted by molar-refractivity contribution is 6.27. The zero-order valence-electron chi connectivity index (χ0n) is 46.8. The molecule has 0 N–H and O–H groups in total. The lowest BCUT2D eigenvalue weighted by molar-refractivity contribution is 0.669. The fraction of sp³-hybridized carbons (Fsp3) is 0. The molecule has 0 fully saturated rings. The first-order chi connectivity index (χ1) is 43.6. The Hall–Kier alpha value is -12.3. The predicted molar refractivity (Wildman–Crippen MR) is 351 cm³/mol. The van der Waals surface area contributed by atoms with Crippen LogP contribution in [0.25, 0.3) is 167 Å². The van der Waals surface area contributed by atoms with Crippen molar-refractivity contribution in [3.05, 3.63) is 279 Å². The highest BCUT2D eigenvalue weighted by Gasteiger charge is 2.22. The summed E-state index contributed by atoms with van der Waals surface area (Å²) < 4.78 is 16.9. The molecule has 0 radical (unpaired) electrons. The van der Waals surface area contributed by atoms with E-state index in [0.717, 1.165) is 133 Å². The summed E-state index contributed by atoms with van der Waals surface area (Å²) in [7, 11) is 0. The summed E-state index contributed by atoms with van der Waals surface area (Å²) in [6.45, 7) is 0. The van der Waals surface area contributed by atoms with E-state index in [1.807, 2.05) is 188 Å². The third-order valence-electron chi connectivity index (χ3n) is 16.2. The van der Waals surface area contributed by atoms with Gasteiger partial charge in [-0.15, -0.1) is 0 Å². The van der Waals surface area contributed by atoms with Crippen molar-refractivity contribution in [3.8, 4) is 80.0 Å². The summed E-state index contributed by atoms with van der Waals surface area (Å²) in [5.41, 5.74) is 13.1. The standard InChI is InChI=1S/2C38H23N5O/c1-3-11-24(12-4-1)36-40-37(25-13-5-2-6-14-25)42-38(41-36)26-19-22-33(39-23-26)43-29-17-9-7-15-27(29)34-30(43)20-21-32-35(34)28-16-8-10-18-31(28)44-32;1-3-11-24(12-4-1)36-40-37(25-13-5-2-6-14-25)42-38(41-36)26-19-20-35(39-23-26)43-31-17-9-7-15-27(31)29-21-30-28-16-8-10-18-33(28)44-34(30)22-32(29)43/h2*1-23H. The molecule has 0 bridgehead atoms. The van der Waals surface area contributed by atoms with E-state index < -0.39 is 0 Å². The van der Waals surface area contributed by atoms with Gasteiger partial charge in [0.05, 0.1) is 22.1 Å². The third-order valence-corrected chi connectivity index (χ3v) is 16.2. The van der Waals surface area contributed by atoms with Gasteiger partial charge in [-0.2, -0.15) is 0 Å². The molecular formula is C76H46N10O2. The molecule has 12 heteroatoms. The smallest absolute Gasteiger partial charge is 0.165 e. The molecule has 0 spiro atoms. The Labute approximate surface area is 502 Å². The summed E-state index contributed by atoms with van der Waals surface area (Å²) in [6.07, 6.45) is 3.69. The maximum atomic E-state index is 6.26. The van der Waals surface area contributed by atoms with E-state index in [1.165, 1.54) is 0 Å². The van der Waals surface area contributed by atoms with Gasteiger partial charge < -0.3 is 8.83 Å². The molecule has 10 aromatic carbocycles. The van der Waals surface area contributed by atoms with Gasteiger partial charge in [-0.05, 0) is 66.7 Å². The zero-order valence-corrected chi connectivity index (χ0v) is 46.8. The molecule has 8 heterocycles. The number of pyridine rings is 2. The highest BCUT2D eigenvalue weighted by atomic mass is 16.3. The van der Waals surface area contributed by atoms with E-state index in [2.05, 4.69) is 100 Å². The number of furan rings is 2. The first-order valence-corrected chi connectivity index (χ1v) is 29.0. The zero-order chi connectivity index (χ0) is 58.1. The van der Waals surface area contributed by atoms with Gasteiger partial charge >= 0.3 is 0 Å². The van der Waals surface area contributed by atoms with Gasteiger partial charge in [0.25, 0.3) is 0 Å². The maximum Gasteiger partial charge on any atom is 0.165 e. The van der Waals surface area contributed by atoms with Gasteiger partial charge in [-0.3, -0.25) is 9.13 Å². The largest absolute Gasteiger partial charge is 0.456 e.